The van der Waals surface area contributed by atoms with Gasteiger partial charge in [0.05, 0.1) is 38.1 Å². The van der Waals surface area contributed by atoms with Gasteiger partial charge < -0.3 is 30.6 Å². The second kappa shape index (κ2) is 16.5. The maximum atomic E-state index is 8.74. The zero-order chi connectivity index (χ0) is 15.9. The van der Waals surface area contributed by atoms with Crippen molar-refractivity contribution in [2.45, 2.75) is 0 Å². The van der Waals surface area contributed by atoms with Crippen molar-refractivity contribution in [3.05, 3.63) is 0 Å². The molecule has 0 fully saturated rings. The van der Waals surface area contributed by atoms with E-state index in [2.05, 4.69) is 0 Å². The third-order valence-corrected chi connectivity index (χ3v) is 3.60. The number of aliphatic hydroxyl groups is 6. The first-order valence-electron chi connectivity index (χ1n) is 4.49. The van der Waals surface area contributed by atoms with E-state index in [1.165, 1.54) is 0 Å². The van der Waals surface area contributed by atoms with Crippen molar-refractivity contribution in [3.8, 4) is 0 Å². The number of hydrogen-bond donors (Lipinski definition) is 8. The minimum Gasteiger partial charge on any atom is -0.392 e. The molecule has 0 radical (unpaired) electrons. The van der Waals surface area contributed by atoms with Crippen LogP contribution in [0.25, 0.3) is 0 Å². The van der Waals surface area contributed by atoms with Crippen LogP contribution in [0.5, 0.6) is 0 Å². The predicted molar refractivity (Wildman–Crippen MR) is 70.5 cm³/mol. The summed E-state index contributed by atoms with van der Waals surface area (Å²) in [7, 11) is -6.44. The fourth-order valence-corrected chi connectivity index (χ4v) is 0.805. The van der Waals surface area contributed by atoms with Gasteiger partial charge in [-0.25, -0.2) is 0 Å². The minimum absolute atomic E-state index is 0.0810. The Morgan fingerprint density at radius 1 is 0.579 bits per heavy atom. The van der Waals surface area contributed by atoms with Crippen molar-refractivity contribution in [1.82, 2.24) is 0 Å². The van der Waals surface area contributed by atoms with E-state index in [-0.39, 0.29) is 38.1 Å². The van der Waals surface area contributed by atoms with Gasteiger partial charge >= 0.3 is 10.4 Å². The molecule has 0 heterocycles. The highest BCUT2D eigenvalue weighted by Gasteiger charge is 1.99. The highest BCUT2D eigenvalue weighted by Crippen LogP contribution is 2.29. The van der Waals surface area contributed by atoms with Gasteiger partial charge in [-0.15, -0.1) is 0 Å². The van der Waals surface area contributed by atoms with E-state index in [0.29, 0.717) is 0 Å². The first-order chi connectivity index (χ1) is 8.69. The topological polar surface area (TPSA) is 196 Å². The zero-order valence-corrected chi connectivity index (χ0v) is 12.5. The van der Waals surface area contributed by atoms with Crippen LogP contribution in [0.4, 0.5) is 0 Å². The predicted octanol–water partition coefficient (Wildman–Crippen LogP) is -2.02. The molecule has 0 saturated carbocycles. The molecule has 19 heavy (non-hydrogen) atoms. The summed E-state index contributed by atoms with van der Waals surface area (Å²) in [6.07, 6.45) is -0.486. The zero-order valence-electron chi connectivity index (χ0n) is 9.94. The van der Waals surface area contributed by atoms with Crippen molar-refractivity contribution in [1.29, 1.82) is 0 Å². The lowest BCUT2D eigenvalue weighted by Crippen LogP contribution is -1.91. The number of aliphatic hydroxyl groups excluding tert-OH is 6. The molecule has 8 N–H and O–H groups in total. The maximum absolute atomic E-state index is 8.74. The molecule has 0 aliphatic heterocycles. The molecule has 120 valence electrons. The maximum Gasteiger partial charge on any atom is 0.394 e. The van der Waals surface area contributed by atoms with Gasteiger partial charge in [-0.1, -0.05) is 0 Å². The SMILES string of the molecule is O=S(=O)(O)O.OCP(CO)CO.OCP(CO)CO. The normalized spacial score (nSPS) is 10.6. The fraction of sp³-hybridized carbons (Fsp3) is 1.00. The van der Waals surface area contributed by atoms with Crippen LogP contribution in [0.2, 0.25) is 0 Å². The Labute approximate surface area is 113 Å². The molecule has 13 heteroatoms. The molecule has 0 amide bonds. The van der Waals surface area contributed by atoms with E-state index < -0.39 is 26.2 Å². The van der Waals surface area contributed by atoms with E-state index in [0.717, 1.165) is 0 Å². The Morgan fingerprint density at radius 2 is 0.684 bits per heavy atom. The van der Waals surface area contributed by atoms with Crippen LogP contribution in [0.3, 0.4) is 0 Å². The summed E-state index contributed by atoms with van der Waals surface area (Å²) in [4.78, 5) is 0. The molecule has 0 aliphatic carbocycles. The van der Waals surface area contributed by atoms with Crippen LogP contribution in [-0.2, 0) is 10.4 Å². The van der Waals surface area contributed by atoms with E-state index in [1.807, 2.05) is 0 Å². The molecular weight excluding hydrogens is 326 g/mol. The van der Waals surface area contributed by atoms with E-state index in [1.54, 1.807) is 0 Å². The van der Waals surface area contributed by atoms with Gasteiger partial charge in [0.1, 0.15) is 0 Å². The van der Waals surface area contributed by atoms with Crippen LogP contribution >= 0.6 is 15.8 Å². The van der Waals surface area contributed by atoms with Gasteiger partial charge in [0.25, 0.3) is 0 Å². The smallest absolute Gasteiger partial charge is 0.392 e. The van der Waals surface area contributed by atoms with Crippen LogP contribution in [0.1, 0.15) is 0 Å². The largest absolute Gasteiger partial charge is 0.394 e. The van der Waals surface area contributed by atoms with E-state index >= 15 is 0 Å². The third-order valence-electron chi connectivity index (χ3n) is 1.20. The molecule has 0 aliphatic rings. The van der Waals surface area contributed by atoms with Crippen molar-refractivity contribution in [3.63, 3.8) is 0 Å². The molecule has 0 saturated heterocycles. The van der Waals surface area contributed by atoms with Crippen LogP contribution in [-0.4, -0.2) is 86.3 Å². The summed E-state index contributed by atoms with van der Waals surface area (Å²) in [6, 6.07) is 0. The Morgan fingerprint density at radius 3 is 0.684 bits per heavy atom. The molecule has 0 bridgehead atoms. The summed E-state index contributed by atoms with van der Waals surface area (Å²) < 4.78 is 31.6. The highest BCUT2D eigenvalue weighted by atomic mass is 32.3. The van der Waals surface area contributed by atoms with Gasteiger partial charge in [-0.3, -0.25) is 9.11 Å². The number of hydrogen-bond acceptors (Lipinski definition) is 8. The molecule has 10 nitrogen and oxygen atoms in total. The van der Waals surface area contributed by atoms with Gasteiger partial charge in [0.15, 0.2) is 0 Å². The fourth-order valence-electron chi connectivity index (χ4n) is 0.268. The highest BCUT2D eigenvalue weighted by molar-refractivity contribution is 7.79. The minimum atomic E-state index is -4.67. The third kappa shape index (κ3) is 32.2. The summed E-state index contributed by atoms with van der Waals surface area (Å²) in [5.74, 6) is 0. The standard InChI is InChI=1S/2C3H9O3P.H2O4S/c2*4-1-7(2-5)3-6;1-5(2,3)4/h2*4-6H,1-3H2;(H2,1,2,3,4). The van der Waals surface area contributed by atoms with Crippen molar-refractivity contribution >= 4 is 26.2 Å². The molecular formula is C6H20O10P2S. The molecule has 0 unspecified atom stereocenters. The molecule has 0 aromatic heterocycles. The molecule has 0 rings (SSSR count). The van der Waals surface area contributed by atoms with Crippen molar-refractivity contribution in [2.24, 2.45) is 0 Å². The molecule has 0 atom stereocenters. The van der Waals surface area contributed by atoms with E-state index in [9.17, 15) is 0 Å². The quantitative estimate of drug-likeness (QED) is 0.196. The van der Waals surface area contributed by atoms with Gasteiger partial charge in [-0.2, -0.15) is 8.42 Å². The summed E-state index contributed by atoms with van der Waals surface area (Å²) in [5, 5.41) is 49.4. The summed E-state index contributed by atoms with van der Waals surface area (Å²) in [5.41, 5.74) is 0. The van der Waals surface area contributed by atoms with Crippen LogP contribution < -0.4 is 0 Å². The van der Waals surface area contributed by atoms with E-state index in [4.69, 9.17) is 48.2 Å². The molecule has 0 aromatic carbocycles. The Hall–Kier alpha value is 0.490. The average Bonchev–Trinajstić information content (AvgIpc) is 2.32. The Balaban J connectivity index is -0.000000206. The van der Waals surface area contributed by atoms with Gasteiger partial charge in [0, 0.05) is 0 Å². The summed E-state index contributed by atoms with van der Waals surface area (Å²) in [6.45, 7) is 0. The molecule has 0 aromatic rings. The second-order valence-electron chi connectivity index (χ2n) is 2.64. The van der Waals surface area contributed by atoms with Crippen LogP contribution in [0.15, 0.2) is 0 Å². The van der Waals surface area contributed by atoms with Crippen molar-refractivity contribution in [2.75, 3.05) is 38.1 Å². The first kappa shape index (κ1) is 24.5. The Kier molecular flexibility index (Phi) is 21.3. The summed E-state index contributed by atoms with van der Waals surface area (Å²) >= 11 is 0. The van der Waals surface area contributed by atoms with Crippen molar-refractivity contribution < 1.29 is 48.2 Å². The lowest BCUT2D eigenvalue weighted by atomic mass is 11.6. The van der Waals surface area contributed by atoms with Crippen LogP contribution in [0, 0.1) is 0 Å². The van der Waals surface area contributed by atoms with Gasteiger partial charge in [0.2, 0.25) is 0 Å². The molecule has 0 spiro atoms. The average molecular weight is 346 g/mol. The lowest BCUT2D eigenvalue weighted by molar-refractivity contribution is 0.319. The Bertz CT molecular complexity index is 222. The lowest BCUT2D eigenvalue weighted by Gasteiger charge is -2.03. The number of rotatable bonds is 6. The van der Waals surface area contributed by atoms with Gasteiger partial charge in [-0.05, 0) is 15.8 Å². The first-order valence-corrected chi connectivity index (χ1v) is 9.68. The monoisotopic (exact) mass is 346 g/mol. The second-order valence-corrected chi connectivity index (χ2v) is 7.91.